The number of carboxylic acid groups (broad SMARTS) is 1. The fourth-order valence-corrected chi connectivity index (χ4v) is 4.50. The summed E-state index contributed by atoms with van der Waals surface area (Å²) in [6.45, 7) is 6.56. The maximum absolute atomic E-state index is 11.0. The number of benzene rings is 1. The first-order chi connectivity index (χ1) is 10.1. The molecule has 0 spiro atoms. The van der Waals surface area contributed by atoms with Crippen molar-refractivity contribution in [2.24, 2.45) is 0 Å². The zero-order chi connectivity index (χ0) is 14.8. The van der Waals surface area contributed by atoms with E-state index in [2.05, 4.69) is 34.1 Å². The summed E-state index contributed by atoms with van der Waals surface area (Å²) in [6.07, 6.45) is 1.16. The van der Waals surface area contributed by atoms with E-state index >= 15 is 0 Å². The van der Waals surface area contributed by atoms with Crippen LogP contribution in [-0.4, -0.2) is 64.9 Å². The predicted octanol–water partition coefficient (Wildman–Crippen LogP) is 1.79. The second kappa shape index (κ2) is 6.38. The monoisotopic (exact) mass is 306 g/mol. The van der Waals surface area contributed by atoms with Gasteiger partial charge in [-0.05, 0) is 25.0 Å². The molecule has 0 bridgehead atoms. The maximum Gasteiger partial charge on any atom is 0.320 e. The number of hydrogen-bond donors (Lipinski definition) is 1. The number of piperazine rings is 1. The number of nitrogens with zero attached hydrogens (tertiary/aromatic N) is 2. The van der Waals surface area contributed by atoms with Crippen LogP contribution in [0.2, 0.25) is 0 Å². The molecule has 21 heavy (non-hydrogen) atoms. The van der Waals surface area contributed by atoms with Crippen LogP contribution in [0.1, 0.15) is 12.5 Å². The Balaban J connectivity index is 1.48. The minimum absolute atomic E-state index is 0.364. The van der Waals surface area contributed by atoms with Gasteiger partial charge in [0.15, 0.2) is 0 Å². The molecule has 1 aromatic rings. The van der Waals surface area contributed by atoms with Crippen LogP contribution in [0.3, 0.4) is 0 Å². The fraction of sp³-hybridized carbons (Fsp3) is 0.562. The van der Waals surface area contributed by atoms with Crippen molar-refractivity contribution >= 4 is 17.7 Å². The molecule has 1 N–H and O–H groups in total. The SMILES string of the molecule is CC(C(=O)O)N1CCN(CC2Cc3ccccc3S2)CC1. The van der Waals surface area contributed by atoms with Crippen LogP contribution in [0, 0.1) is 0 Å². The molecule has 0 aliphatic carbocycles. The zero-order valence-electron chi connectivity index (χ0n) is 12.4. The molecule has 4 nitrogen and oxygen atoms in total. The molecular weight excluding hydrogens is 284 g/mol. The summed E-state index contributed by atoms with van der Waals surface area (Å²) in [5.41, 5.74) is 1.48. The Morgan fingerprint density at radius 1 is 1.33 bits per heavy atom. The topological polar surface area (TPSA) is 43.8 Å². The number of carbonyl (C=O) groups is 1. The summed E-state index contributed by atoms with van der Waals surface area (Å²) in [4.78, 5) is 17.0. The van der Waals surface area contributed by atoms with E-state index in [4.69, 9.17) is 5.11 Å². The molecule has 0 saturated carbocycles. The fourth-order valence-electron chi connectivity index (χ4n) is 3.13. The molecule has 2 aliphatic heterocycles. The van der Waals surface area contributed by atoms with Gasteiger partial charge in [0.1, 0.15) is 6.04 Å². The Hall–Kier alpha value is -1.04. The van der Waals surface area contributed by atoms with E-state index in [1.54, 1.807) is 6.92 Å². The molecule has 0 amide bonds. The highest BCUT2D eigenvalue weighted by atomic mass is 32.2. The van der Waals surface area contributed by atoms with Gasteiger partial charge < -0.3 is 5.11 Å². The van der Waals surface area contributed by atoms with Gasteiger partial charge in [0.05, 0.1) is 0 Å². The van der Waals surface area contributed by atoms with Gasteiger partial charge in [-0.1, -0.05) is 18.2 Å². The molecule has 5 heteroatoms. The van der Waals surface area contributed by atoms with Crippen LogP contribution < -0.4 is 0 Å². The number of carboxylic acids is 1. The van der Waals surface area contributed by atoms with E-state index in [1.807, 2.05) is 11.8 Å². The van der Waals surface area contributed by atoms with Crippen molar-refractivity contribution in [2.45, 2.75) is 29.5 Å². The van der Waals surface area contributed by atoms with Crippen LogP contribution in [0.15, 0.2) is 29.2 Å². The highest BCUT2D eigenvalue weighted by Crippen LogP contribution is 2.37. The molecule has 1 saturated heterocycles. The summed E-state index contributed by atoms with van der Waals surface area (Å²) in [5, 5.41) is 9.72. The van der Waals surface area contributed by atoms with Crippen molar-refractivity contribution < 1.29 is 9.90 Å². The van der Waals surface area contributed by atoms with Crippen molar-refractivity contribution in [3.63, 3.8) is 0 Å². The van der Waals surface area contributed by atoms with Gasteiger partial charge in [-0.2, -0.15) is 0 Å². The predicted molar refractivity (Wildman–Crippen MR) is 84.9 cm³/mol. The van der Waals surface area contributed by atoms with E-state index in [0.717, 1.165) is 39.1 Å². The molecule has 3 rings (SSSR count). The lowest BCUT2D eigenvalue weighted by atomic mass is 10.1. The molecule has 1 fully saturated rings. The number of fused-ring (bicyclic) bond motifs is 1. The number of aliphatic carboxylic acids is 1. The number of hydrogen-bond acceptors (Lipinski definition) is 4. The van der Waals surface area contributed by atoms with Crippen LogP contribution in [0.4, 0.5) is 0 Å². The minimum Gasteiger partial charge on any atom is -0.480 e. The van der Waals surface area contributed by atoms with Crippen LogP contribution in [-0.2, 0) is 11.2 Å². The van der Waals surface area contributed by atoms with Gasteiger partial charge in [0.25, 0.3) is 0 Å². The number of thioether (sulfide) groups is 1. The van der Waals surface area contributed by atoms with E-state index in [-0.39, 0.29) is 6.04 Å². The van der Waals surface area contributed by atoms with Gasteiger partial charge in [-0.25, -0.2) is 0 Å². The van der Waals surface area contributed by atoms with E-state index in [0.29, 0.717) is 5.25 Å². The van der Waals surface area contributed by atoms with E-state index < -0.39 is 5.97 Å². The lowest BCUT2D eigenvalue weighted by molar-refractivity contribution is -0.143. The maximum atomic E-state index is 11.0. The molecule has 2 unspecified atom stereocenters. The summed E-state index contributed by atoms with van der Waals surface area (Å²) in [6, 6.07) is 8.31. The Kier molecular flexibility index (Phi) is 4.52. The molecule has 0 aromatic heterocycles. The molecule has 1 aromatic carbocycles. The standard InChI is InChI=1S/C16H22N2O2S/c1-12(16(19)20)18-8-6-17(7-9-18)11-14-10-13-4-2-3-5-15(13)21-14/h2-5,12,14H,6-11H2,1H3,(H,19,20). The molecule has 0 radical (unpaired) electrons. The molecule has 2 atom stereocenters. The van der Waals surface area contributed by atoms with Gasteiger partial charge in [-0.3, -0.25) is 14.6 Å². The van der Waals surface area contributed by atoms with Crippen molar-refractivity contribution in [1.29, 1.82) is 0 Å². The Labute approximate surface area is 130 Å². The molecule has 114 valence electrons. The smallest absolute Gasteiger partial charge is 0.320 e. The molecule has 2 aliphatic rings. The summed E-state index contributed by atoms with van der Waals surface area (Å²) >= 11 is 1.99. The first kappa shape index (κ1) is 14.9. The molecule has 2 heterocycles. The first-order valence-corrected chi connectivity index (χ1v) is 8.45. The summed E-state index contributed by atoms with van der Waals surface area (Å²) in [5.74, 6) is -0.717. The third kappa shape index (κ3) is 3.42. The quantitative estimate of drug-likeness (QED) is 0.919. The Morgan fingerprint density at radius 3 is 2.71 bits per heavy atom. The third-order valence-corrected chi connectivity index (χ3v) is 5.79. The van der Waals surface area contributed by atoms with Crippen molar-refractivity contribution in [3.05, 3.63) is 29.8 Å². The second-order valence-corrected chi connectivity index (χ2v) is 7.24. The Bertz CT molecular complexity index is 490. The zero-order valence-corrected chi connectivity index (χ0v) is 13.2. The lowest BCUT2D eigenvalue weighted by Crippen LogP contribution is -2.52. The first-order valence-electron chi connectivity index (χ1n) is 7.57. The second-order valence-electron chi connectivity index (χ2n) is 5.90. The van der Waals surface area contributed by atoms with Gasteiger partial charge >= 0.3 is 5.97 Å². The largest absolute Gasteiger partial charge is 0.480 e. The highest BCUT2D eigenvalue weighted by Gasteiger charge is 2.28. The van der Waals surface area contributed by atoms with Gasteiger partial charge in [0, 0.05) is 42.9 Å². The number of rotatable bonds is 4. The van der Waals surface area contributed by atoms with Gasteiger partial charge in [0.2, 0.25) is 0 Å². The van der Waals surface area contributed by atoms with Crippen molar-refractivity contribution in [1.82, 2.24) is 9.80 Å². The average molecular weight is 306 g/mol. The van der Waals surface area contributed by atoms with Crippen molar-refractivity contribution in [2.75, 3.05) is 32.7 Å². The van der Waals surface area contributed by atoms with Crippen molar-refractivity contribution in [3.8, 4) is 0 Å². The Morgan fingerprint density at radius 2 is 2.05 bits per heavy atom. The minimum atomic E-state index is -0.717. The normalized spacial score (nSPS) is 24.7. The van der Waals surface area contributed by atoms with Gasteiger partial charge in [-0.15, -0.1) is 11.8 Å². The van der Waals surface area contributed by atoms with E-state index in [1.165, 1.54) is 10.5 Å². The van der Waals surface area contributed by atoms with Crippen LogP contribution >= 0.6 is 11.8 Å². The average Bonchev–Trinajstić information content (AvgIpc) is 2.89. The highest BCUT2D eigenvalue weighted by molar-refractivity contribution is 8.00. The third-order valence-electron chi connectivity index (χ3n) is 4.49. The van der Waals surface area contributed by atoms with Crippen LogP contribution in [0.5, 0.6) is 0 Å². The molecular formula is C16H22N2O2S. The lowest BCUT2D eigenvalue weighted by Gasteiger charge is -2.37. The summed E-state index contributed by atoms with van der Waals surface area (Å²) < 4.78 is 0. The summed E-state index contributed by atoms with van der Waals surface area (Å²) in [7, 11) is 0. The van der Waals surface area contributed by atoms with E-state index in [9.17, 15) is 4.79 Å². The van der Waals surface area contributed by atoms with Crippen LogP contribution in [0.25, 0.3) is 0 Å².